The van der Waals surface area contributed by atoms with Crippen LogP contribution in [0.4, 0.5) is 10.1 Å². The molecule has 0 radical (unpaired) electrons. The van der Waals surface area contributed by atoms with Crippen LogP contribution in [-0.4, -0.2) is 10.8 Å². The molecule has 2 aromatic carbocycles. The van der Waals surface area contributed by atoms with Gasteiger partial charge in [-0.2, -0.15) is 0 Å². The first-order valence-electron chi connectivity index (χ1n) is 6.04. The third-order valence-electron chi connectivity index (χ3n) is 2.85. The minimum atomic E-state index is -0.624. The number of hydrogen-bond acceptors (Lipinski definition) is 3. The van der Waals surface area contributed by atoms with Crippen LogP contribution in [0.5, 0.6) is 0 Å². The molecule has 0 unspecified atom stereocenters. The van der Waals surface area contributed by atoms with E-state index < -0.39 is 16.6 Å². The molecule has 5 nitrogen and oxygen atoms in total. The number of hydrogen-bond donors (Lipinski definition) is 1. The van der Waals surface area contributed by atoms with Gasteiger partial charge in [-0.1, -0.05) is 27.5 Å². The van der Waals surface area contributed by atoms with Gasteiger partial charge in [-0.3, -0.25) is 14.9 Å². The molecule has 0 aliphatic carbocycles. The zero-order valence-electron chi connectivity index (χ0n) is 11.0. The quantitative estimate of drug-likeness (QED) is 0.634. The van der Waals surface area contributed by atoms with Crippen molar-refractivity contribution in [2.24, 2.45) is 0 Å². The number of nitrogens with one attached hydrogen (secondary N) is 1. The van der Waals surface area contributed by atoms with Gasteiger partial charge in [0.1, 0.15) is 5.82 Å². The number of amides is 1. The second-order valence-electron chi connectivity index (χ2n) is 4.34. The molecule has 0 aromatic heterocycles. The summed E-state index contributed by atoms with van der Waals surface area (Å²) in [5.74, 6) is -1.08. The standard InChI is InChI=1S/C14H9BrClFN2O3/c15-9-1-4-13(17)8(5-9)7-18-14(20)11-6-10(19(21)22)2-3-12(11)16/h1-6H,7H2,(H,18,20). The van der Waals surface area contributed by atoms with Crippen molar-refractivity contribution >= 4 is 39.1 Å². The number of non-ortho nitro benzene ring substituents is 1. The lowest BCUT2D eigenvalue weighted by molar-refractivity contribution is -0.384. The summed E-state index contributed by atoms with van der Waals surface area (Å²) < 4.78 is 14.3. The van der Waals surface area contributed by atoms with E-state index in [-0.39, 0.29) is 28.4 Å². The molecule has 8 heteroatoms. The maximum Gasteiger partial charge on any atom is 0.270 e. The molecular formula is C14H9BrClFN2O3. The average molecular weight is 388 g/mol. The van der Waals surface area contributed by atoms with E-state index in [1.807, 2.05) is 0 Å². The Bertz CT molecular complexity index is 755. The molecule has 0 aliphatic rings. The highest BCUT2D eigenvalue weighted by Gasteiger charge is 2.16. The van der Waals surface area contributed by atoms with Crippen molar-refractivity contribution in [1.29, 1.82) is 0 Å². The van der Waals surface area contributed by atoms with Crippen LogP contribution in [-0.2, 0) is 6.54 Å². The molecule has 2 aromatic rings. The van der Waals surface area contributed by atoms with Crippen molar-refractivity contribution in [3.05, 3.63) is 73.0 Å². The molecule has 1 amide bonds. The lowest BCUT2D eigenvalue weighted by atomic mass is 10.1. The van der Waals surface area contributed by atoms with Crippen LogP contribution in [0.2, 0.25) is 5.02 Å². The number of rotatable bonds is 4. The SMILES string of the molecule is O=C(NCc1cc(Br)ccc1F)c1cc([N+](=O)[O-])ccc1Cl. The zero-order valence-corrected chi connectivity index (χ0v) is 13.3. The van der Waals surface area contributed by atoms with E-state index in [0.29, 0.717) is 4.47 Å². The van der Waals surface area contributed by atoms with Crippen LogP contribution in [0, 0.1) is 15.9 Å². The van der Waals surface area contributed by atoms with E-state index >= 15 is 0 Å². The summed E-state index contributed by atoms with van der Waals surface area (Å²) in [5.41, 5.74) is -0.00117. The van der Waals surface area contributed by atoms with E-state index in [4.69, 9.17) is 11.6 Å². The van der Waals surface area contributed by atoms with Crippen molar-refractivity contribution in [3.8, 4) is 0 Å². The molecule has 1 N–H and O–H groups in total. The van der Waals surface area contributed by atoms with Gasteiger partial charge in [0.15, 0.2) is 0 Å². The number of carbonyl (C=O) groups excluding carboxylic acids is 1. The topological polar surface area (TPSA) is 72.2 Å². The first-order valence-corrected chi connectivity index (χ1v) is 7.21. The lowest BCUT2D eigenvalue weighted by Crippen LogP contribution is -2.23. The first-order chi connectivity index (χ1) is 10.4. The van der Waals surface area contributed by atoms with Gasteiger partial charge in [-0.25, -0.2) is 4.39 Å². The Morgan fingerprint density at radius 3 is 2.73 bits per heavy atom. The fourth-order valence-corrected chi connectivity index (χ4v) is 2.36. The number of nitro groups is 1. The summed E-state index contributed by atoms with van der Waals surface area (Å²) in [6.07, 6.45) is 0. The molecule has 0 fully saturated rings. The third kappa shape index (κ3) is 3.80. The largest absolute Gasteiger partial charge is 0.348 e. The molecule has 0 heterocycles. The highest BCUT2D eigenvalue weighted by molar-refractivity contribution is 9.10. The van der Waals surface area contributed by atoms with Gasteiger partial charge in [0.25, 0.3) is 11.6 Å². The van der Waals surface area contributed by atoms with Crippen LogP contribution in [0.3, 0.4) is 0 Å². The maximum absolute atomic E-state index is 13.6. The number of nitro benzene ring substituents is 1. The summed E-state index contributed by atoms with van der Waals surface area (Å²) >= 11 is 9.08. The fourth-order valence-electron chi connectivity index (χ4n) is 1.75. The molecule has 22 heavy (non-hydrogen) atoms. The Kier molecular flexibility index (Phi) is 5.10. The van der Waals surface area contributed by atoms with E-state index in [2.05, 4.69) is 21.2 Å². The van der Waals surface area contributed by atoms with Crippen molar-refractivity contribution in [1.82, 2.24) is 5.32 Å². The highest BCUT2D eigenvalue weighted by atomic mass is 79.9. The van der Waals surface area contributed by atoms with Gasteiger partial charge in [0.2, 0.25) is 0 Å². The minimum Gasteiger partial charge on any atom is -0.348 e. The van der Waals surface area contributed by atoms with Crippen molar-refractivity contribution < 1.29 is 14.1 Å². The molecule has 114 valence electrons. The van der Waals surface area contributed by atoms with Crippen molar-refractivity contribution in [2.75, 3.05) is 0 Å². The van der Waals surface area contributed by atoms with Crippen LogP contribution in [0.25, 0.3) is 0 Å². The van der Waals surface area contributed by atoms with Crippen LogP contribution in [0.1, 0.15) is 15.9 Å². The zero-order chi connectivity index (χ0) is 16.3. The summed E-state index contributed by atoms with van der Waals surface area (Å²) in [5, 5.41) is 13.3. The molecule has 0 bridgehead atoms. The van der Waals surface area contributed by atoms with Crippen molar-refractivity contribution in [3.63, 3.8) is 0 Å². The molecule has 0 aliphatic heterocycles. The van der Waals surface area contributed by atoms with E-state index in [0.717, 1.165) is 6.07 Å². The van der Waals surface area contributed by atoms with Gasteiger partial charge in [-0.15, -0.1) is 0 Å². The lowest BCUT2D eigenvalue weighted by Gasteiger charge is -2.08. The second-order valence-corrected chi connectivity index (χ2v) is 5.66. The molecule has 0 saturated heterocycles. The van der Waals surface area contributed by atoms with Crippen molar-refractivity contribution in [2.45, 2.75) is 6.54 Å². The molecular weight excluding hydrogens is 379 g/mol. The average Bonchev–Trinajstić information content (AvgIpc) is 2.48. The van der Waals surface area contributed by atoms with Gasteiger partial charge >= 0.3 is 0 Å². The normalized spacial score (nSPS) is 10.3. The number of nitrogens with zero attached hydrogens (tertiary/aromatic N) is 1. The van der Waals surface area contributed by atoms with Gasteiger partial charge in [0.05, 0.1) is 15.5 Å². The predicted octanol–water partition coefficient (Wildman–Crippen LogP) is 4.08. The maximum atomic E-state index is 13.6. The Balaban J connectivity index is 2.17. The van der Waals surface area contributed by atoms with Gasteiger partial charge in [0, 0.05) is 28.7 Å². The highest BCUT2D eigenvalue weighted by Crippen LogP contribution is 2.22. The number of halogens is 3. The van der Waals surface area contributed by atoms with E-state index in [1.54, 1.807) is 0 Å². The van der Waals surface area contributed by atoms with Gasteiger partial charge in [-0.05, 0) is 24.3 Å². The predicted molar refractivity (Wildman–Crippen MR) is 83.4 cm³/mol. The Labute approximate surface area is 138 Å². The molecule has 0 atom stereocenters. The van der Waals surface area contributed by atoms with E-state index in [9.17, 15) is 19.3 Å². The summed E-state index contributed by atoms with van der Waals surface area (Å²) in [6, 6.07) is 7.89. The van der Waals surface area contributed by atoms with Crippen LogP contribution >= 0.6 is 27.5 Å². The van der Waals surface area contributed by atoms with Gasteiger partial charge < -0.3 is 5.32 Å². The minimum absolute atomic E-state index is 0.0359. The van der Waals surface area contributed by atoms with Crippen LogP contribution in [0.15, 0.2) is 40.9 Å². The first kappa shape index (κ1) is 16.4. The number of benzene rings is 2. The summed E-state index contributed by atoms with van der Waals surface area (Å²) in [4.78, 5) is 22.2. The summed E-state index contributed by atoms with van der Waals surface area (Å²) in [7, 11) is 0. The van der Waals surface area contributed by atoms with Crippen LogP contribution < -0.4 is 5.32 Å². The molecule has 0 saturated carbocycles. The molecule has 2 rings (SSSR count). The second kappa shape index (κ2) is 6.85. The summed E-state index contributed by atoms with van der Waals surface area (Å²) in [6.45, 7) is -0.0663. The smallest absolute Gasteiger partial charge is 0.270 e. The molecule has 0 spiro atoms. The monoisotopic (exact) mass is 386 g/mol. The Morgan fingerprint density at radius 2 is 2.05 bits per heavy atom. The fraction of sp³-hybridized carbons (Fsp3) is 0.0714. The van der Waals surface area contributed by atoms with E-state index in [1.165, 1.54) is 30.3 Å². The third-order valence-corrected chi connectivity index (χ3v) is 3.68. The Hall–Kier alpha value is -1.99. The Morgan fingerprint density at radius 1 is 1.32 bits per heavy atom. The number of carbonyl (C=O) groups is 1.